The molecule has 19 heavy (non-hydrogen) atoms. The van der Waals surface area contributed by atoms with Crippen molar-refractivity contribution in [3.63, 3.8) is 0 Å². The third-order valence-corrected chi connectivity index (χ3v) is 2.73. The lowest BCUT2D eigenvalue weighted by Gasteiger charge is -2.23. The summed E-state index contributed by atoms with van der Waals surface area (Å²) in [7, 11) is 1.88. The van der Waals surface area contributed by atoms with Gasteiger partial charge in [0.15, 0.2) is 0 Å². The van der Waals surface area contributed by atoms with Gasteiger partial charge in [0.05, 0.1) is 5.56 Å². The van der Waals surface area contributed by atoms with E-state index in [9.17, 15) is 9.90 Å². The number of anilines is 1. The fourth-order valence-electron chi connectivity index (χ4n) is 1.71. The lowest BCUT2D eigenvalue weighted by Crippen LogP contribution is -2.23. The molecule has 0 aliphatic carbocycles. The van der Waals surface area contributed by atoms with Gasteiger partial charge in [0, 0.05) is 24.7 Å². The highest BCUT2D eigenvalue weighted by molar-refractivity contribution is 5.88. The monoisotopic (exact) mass is 262 g/mol. The van der Waals surface area contributed by atoms with Crippen molar-refractivity contribution in [2.45, 2.75) is 33.1 Å². The summed E-state index contributed by atoms with van der Waals surface area (Å²) in [5, 5.41) is 9.20. The predicted molar refractivity (Wildman–Crippen MR) is 78.0 cm³/mol. The number of carboxylic acid groups (broad SMARTS) is 1. The Kier molecular flexibility index (Phi) is 4.35. The van der Waals surface area contributed by atoms with Gasteiger partial charge in [0.25, 0.3) is 0 Å². The van der Waals surface area contributed by atoms with E-state index in [1.807, 2.05) is 39.6 Å². The highest BCUT2D eigenvalue weighted by Crippen LogP contribution is 2.24. The average Bonchev–Trinajstić information content (AvgIpc) is 2.26. The summed E-state index contributed by atoms with van der Waals surface area (Å²) in [4.78, 5) is 17.7. The zero-order valence-corrected chi connectivity index (χ0v) is 12.3. The molecule has 0 fully saturated rings. The zero-order chi connectivity index (χ0) is 14.8. The fraction of sp³-hybridized carbons (Fsp3) is 0.467. The minimum atomic E-state index is -0.933. The summed E-state index contributed by atoms with van der Waals surface area (Å²) in [5.74, 6) is -0.272. The molecule has 0 unspecified atom stereocenters. The Morgan fingerprint density at radius 1 is 1.42 bits per heavy atom. The van der Waals surface area contributed by atoms with Crippen LogP contribution < -0.4 is 4.90 Å². The number of rotatable bonds is 4. The summed E-state index contributed by atoms with van der Waals surface area (Å²) >= 11 is 0. The molecule has 0 saturated heterocycles. The van der Waals surface area contributed by atoms with E-state index in [2.05, 4.69) is 11.6 Å². The summed E-state index contributed by atoms with van der Waals surface area (Å²) in [5.41, 5.74) is 1.85. The van der Waals surface area contributed by atoms with Crippen LogP contribution >= 0.6 is 0 Å². The summed E-state index contributed by atoms with van der Waals surface area (Å²) in [6, 6.07) is 3.24. The maximum atomic E-state index is 11.2. The van der Waals surface area contributed by atoms with Crippen LogP contribution in [-0.4, -0.2) is 29.7 Å². The molecule has 1 aromatic heterocycles. The second-order valence-corrected chi connectivity index (χ2v) is 5.97. The quantitative estimate of drug-likeness (QED) is 0.847. The lowest BCUT2D eigenvalue weighted by molar-refractivity contribution is 0.0696. The van der Waals surface area contributed by atoms with E-state index in [0.29, 0.717) is 12.4 Å². The number of nitrogens with zero attached hydrogens (tertiary/aromatic N) is 2. The smallest absolute Gasteiger partial charge is 0.335 e. The number of likely N-dealkylation sites (N-methyl/N-ethyl adjacent to an activating group) is 1. The van der Waals surface area contributed by atoms with Gasteiger partial charge in [-0.2, -0.15) is 0 Å². The van der Waals surface area contributed by atoms with Gasteiger partial charge < -0.3 is 10.0 Å². The molecule has 1 N–H and O–H groups in total. The van der Waals surface area contributed by atoms with Gasteiger partial charge in [-0.25, -0.2) is 9.78 Å². The molecular formula is C15H22N2O2. The van der Waals surface area contributed by atoms with E-state index in [4.69, 9.17) is 0 Å². The van der Waals surface area contributed by atoms with Gasteiger partial charge in [-0.3, -0.25) is 0 Å². The van der Waals surface area contributed by atoms with Gasteiger partial charge >= 0.3 is 5.97 Å². The van der Waals surface area contributed by atoms with Crippen molar-refractivity contribution in [2.75, 3.05) is 18.5 Å². The Morgan fingerprint density at radius 3 is 2.42 bits per heavy atom. The van der Waals surface area contributed by atoms with Gasteiger partial charge in [0.2, 0.25) is 0 Å². The van der Waals surface area contributed by atoms with Crippen LogP contribution in [0.3, 0.4) is 0 Å². The molecule has 1 heterocycles. The predicted octanol–water partition coefficient (Wildman–Crippen LogP) is 3.09. The molecule has 0 bridgehead atoms. The molecule has 0 aliphatic heterocycles. The third-order valence-electron chi connectivity index (χ3n) is 2.73. The van der Waals surface area contributed by atoms with Gasteiger partial charge in [-0.15, -0.1) is 0 Å². The van der Waals surface area contributed by atoms with E-state index < -0.39 is 5.97 Å². The van der Waals surface area contributed by atoms with Gasteiger partial charge in [-0.1, -0.05) is 32.9 Å². The zero-order valence-electron chi connectivity index (χ0n) is 12.3. The van der Waals surface area contributed by atoms with Crippen molar-refractivity contribution in [2.24, 2.45) is 0 Å². The first kappa shape index (κ1) is 15.2. The SMILES string of the molecule is C=C(C)CN(C)c1cc(C(=O)O)cc(C(C)(C)C)n1. The molecular weight excluding hydrogens is 240 g/mol. The molecule has 0 atom stereocenters. The van der Waals surface area contributed by atoms with Gasteiger partial charge in [-0.05, 0) is 19.1 Å². The average molecular weight is 262 g/mol. The topological polar surface area (TPSA) is 53.4 Å². The lowest BCUT2D eigenvalue weighted by atomic mass is 9.90. The minimum Gasteiger partial charge on any atom is -0.478 e. The Labute approximate surface area is 114 Å². The molecule has 0 aromatic carbocycles. The number of hydrogen-bond donors (Lipinski definition) is 1. The van der Waals surface area contributed by atoms with Crippen LogP contribution in [0, 0.1) is 0 Å². The van der Waals surface area contributed by atoms with Crippen LogP contribution in [0.15, 0.2) is 24.3 Å². The summed E-state index contributed by atoms with van der Waals surface area (Å²) < 4.78 is 0. The maximum absolute atomic E-state index is 11.2. The second-order valence-electron chi connectivity index (χ2n) is 5.97. The van der Waals surface area contributed by atoms with E-state index >= 15 is 0 Å². The number of carboxylic acids is 1. The molecule has 0 saturated carbocycles. The second kappa shape index (κ2) is 5.43. The largest absolute Gasteiger partial charge is 0.478 e. The molecule has 0 aliphatic rings. The molecule has 0 radical (unpaired) electrons. The van der Waals surface area contributed by atoms with Gasteiger partial charge in [0.1, 0.15) is 5.82 Å². The maximum Gasteiger partial charge on any atom is 0.335 e. The van der Waals surface area contributed by atoms with Crippen molar-refractivity contribution in [1.82, 2.24) is 4.98 Å². The normalized spacial score (nSPS) is 11.2. The minimum absolute atomic E-state index is 0.190. The highest BCUT2D eigenvalue weighted by Gasteiger charge is 2.20. The fourth-order valence-corrected chi connectivity index (χ4v) is 1.71. The van der Waals surface area contributed by atoms with Crippen molar-refractivity contribution in [3.05, 3.63) is 35.5 Å². The van der Waals surface area contributed by atoms with Crippen LogP contribution in [0.4, 0.5) is 5.82 Å². The molecule has 4 heteroatoms. The molecule has 1 aromatic rings. The standard InChI is InChI=1S/C15H22N2O2/c1-10(2)9-17(6)13-8-11(14(18)19)7-12(16-13)15(3,4)5/h7-8H,1,9H2,2-6H3,(H,18,19). The number of hydrogen-bond acceptors (Lipinski definition) is 3. The Balaban J connectivity index is 3.28. The highest BCUT2D eigenvalue weighted by atomic mass is 16.4. The van der Waals surface area contributed by atoms with Crippen LogP contribution in [0.1, 0.15) is 43.7 Å². The first-order chi connectivity index (χ1) is 8.61. The van der Waals surface area contributed by atoms with E-state index in [1.54, 1.807) is 12.1 Å². The van der Waals surface area contributed by atoms with Crippen molar-refractivity contribution in [3.8, 4) is 0 Å². The van der Waals surface area contributed by atoms with Crippen molar-refractivity contribution >= 4 is 11.8 Å². The third kappa shape index (κ3) is 4.09. The van der Waals surface area contributed by atoms with E-state index in [-0.39, 0.29) is 11.0 Å². The first-order valence-electron chi connectivity index (χ1n) is 6.22. The van der Waals surface area contributed by atoms with Crippen LogP contribution in [0.25, 0.3) is 0 Å². The van der Waals surface area contributed by atoms with Crippen molar-refractivity contribution < 1.29 is 9.90 Å². The molecule has 0 spiro atoms. The molecule has 4 nitrogen and oxygen atoms in total. The van der Waals surface area contributed by atoms with Crippen molar-refractivity contribution in [1.29, 1.82) is 0 Å². The molecule has 1 rings (SSSR count). The number of carbonyl (C=O) groups is 1. The first-order valence-corrected chi connectivity index (χ1v) is 6.22. The van der Waals surface area contributed by atoms with Crippen LogP contribution in [-0.2, 0) is 5.41 Å². The van der Waals surface area contributed by atoms with Crippen LogP contribution in [0.5, 0.6) is 0 Å². The Hall–Kier alpha value is -1.84. The Morgan fingerprint density at radius 2 is 2.00 bits per heavy atom. The van der Waals surface area contributed by atoms with E-state index in [0.717, 1.165) is 11.3 Å². The number of pyridine rings is 1. The molecule has 104 valence electrons. The molecule has 0 amide bonds. The van der Waals surface area contributed by atoms with Crippen LogP contribution in [0.2, 0.25) is 0 Å². The summed E-state index contributed by atoms with van der Waals surface area (Å²) in [6.07, 6.45) is 0. The summed E-state index contributed by atoms with van der Waals surface area (Å²) in [6.45, 7) is 12.5. The number of aromatic carboxylic acids is 1. The number of aromatic nitrogens is 1. The van der Waals surface area contributed by atoms with E-state index in [1.165, 1.54) is 0 Å². The Bertz CT molecular complexity index is 501.